The van der Waals surface area contributed by atoms with E-state index in [1.165, 1.54) is 16.5 Å². The molecule has 0 aliphatic heterocycles. The Morgan fingerprint density at radius 2 is 2.04 bits per heavy atom. The molecule has 7 nitrogen and oxygen atoms in total. The molecule has 0 fully saturated rings. The highest BCUT2D eigenvalue weighted by Crippen LogP contribution is 2.19. The predicted molar refractivity (Wildman–Crippen MR) is 95.7 cm³/mol. The fourth-order valence-corrected chi connectivity index (χ4v) is 2.52. The highest BCUT2D eigenvalue weighted by molar-refractivity contribution is 6.33. The molecule has 0 spiro atoms. The lowest BCUT2D eigenvalue weighted by atomic mass is 10.3. The first-order valence-corrected chi connectivity index (χ1v) is 8.31. The molecular weight excluding hydrogens is 358 g/mol. The first-order valence-electron chi connectivity index (χ1n) is 7.93. The van der Waals surface area contributed by atoms with E-state index in [0.29, 0.717) is 17.9 Å². The van der Waals surface area contributed by atoms with Gasteiger partial charge in [-0.1, -0.05) is 17.7 Å². The van der Waals surface area contributed by atoms with Crippen LogP contribution in [0.1, 0.15) is 28.7 Å². The van der Waals surface area contributed by atoms with Gasteiger partial charge in [0.1, 0.15) is 12.3 Å². The van der Waals surface area contributed by atoms with Gasteiger partial charge in [-0.2, -0.15) is 0 Å². The monoisotopic (exact) mass is 373 g/mol. The normalized spacial score (nSPS) is 10.7. The van der Waals surface area contributed by atoms with Crippen molar-refractivity contribution in [1.82, 2.24) is 14.4 Å². The maximum Gasteiger partial charge on any atom is 0.359 e. The van der Waals surface area contributed by atoms with Gasteiger partial charge in [0.2, 0.25) is 5.88 Å². The van der Waals surface area contributed by atoms with Gasteiger partial charge in [-0.3, -0.25) is 9.20 Å². The van der Waals surface area contributed by atoms with Gasteiger partial charge in [-0.25, -0.2) is 14.8 Å². The Morgan fingerprint density at radius 1 is 1.23 bits per heavy atom. The van der Waals surface area contributed by atoms with Crippen molar-refractivity contribution in [1.29, 1.82) is 0 Å². The zero-order valence-electron chi connectivity index (χ0n) is 14.2. The molecule has 26 heavy (non-hydrogen) atoms. The fraction of sp³-hybridized carbons (Fsp3) is 0.222. The Balaban J connectivity index is 1.80. The van der Waals surface area contributed by atoms with Crippen molar-refractivity contribution in [2.45, 2.75) is 20.5 Å². The van der Waals surface area contributed by atoms with Gasteiger partial charge in [0.15, 0.2) is 5.69 Å². The van der Waals surface area contributed by atoms with E-state index >= 15 is 0 Å². The van der Waals surface area contributed by atoms with Crippen LogP contribution in [0.15, 0.2) is 41.3 Å². The summed E-state index contributed by atoms with van der Waals surface area (Å²) in [6.45, 7) is 3.93. The van der Waals surface area contributed by atoms with Crippen LogP contribution in [0, 0.1) is 6.92 Å². The Kier molecular flexibility index (Phi) is 5.18. The Morgan fingerprint density at radius 3 is 2.81 bits per heavy atom. The summed E-state index contributed by atoms with van der Waals surface area (Å²) in [4.78, 5) is 32.8. The third-order valence-corrected chi connectivity index (χ3v) is 3.82. The molecule has 0 N–H and O–H groups in total. The molecule has 0 saturated carbocycles. The Bertz CT molecular complexity index is 1030. The topological polar surface area (TPSA) is 82.8 Å². The van der Waals surface area contributed by atoms with Gasteiger partial charge in [0.25, 0.3) is 5.56 Å². The van der Waals surface area contributed by atoms with E-state index in [9.17, 15) is 9.59 Å². The van der Waals surface area contributed by atoms with Crippen LogP contribution in [0.2, 0.25) is 5.02 Å². The van der Waals surface area contributed by atoms with Crippen LogP contribution < -0.4 is 10.3 Å². The minimum absolute atomic E-state index is 0.0502. The summed E-state index contributed by atoms with van der Waals surface area (Å²) in [6.07, 6.45) is 1.70. The first kappa shape index (κ1) is 17.9. The zero-order chi connectivity index (χ0) is 18.7. The van der Waals surface area contributed by atoms with Gasteiger partial charge in [0.05, 0.1) is 17.3 Å². The summed E-state index contributed by atoms with van der Waals surface area (Å²) in [5.41, 5.74) is 1.45. The average molecular weight is 374 g/mol. The third-order valence-electron chi connectivity index (χ3n) is 3.52. The molecule has 134 valence electrons. The number of carbonyl (C=O) groups is 1. The fourth-order valence-electron chi connectivity index (χ4n) is 2.34. The molecule has 3 heterocycles. The van der Waals surface area contributed by atoms with E-state index in [1.807, 2.05) is 13.0 Å². The predicted octanol–water partition coefficient (Wildman–Crippen LogP) is 2.81. The molecule has 8 heteroatoms. The highest BCUT2D eigenvalue weighted by Gasteiger charge is 2.16. The zero-order valence-corrected chi connectivity index (χ0v) is 15.0. The number of hydrogen-bond donors (Lipinski definition) is 0. The Labute approximate surface area is 154 Å². The SMILES string of the molecule is CCOc1ccc(Cl)c(C(=O)OCc2cc(=O)n3cc(C)ccc3n2)n1. The molecule has 0 radical (unpaired) electrons. The van der Waals surface area contributed by atoms with E-state index in [4.69, 9.17) is 21.1 Å². The molecule has 0 unspecified atom stereocenters. The number of hydrogen-bond acceptors (Lipinski definition) is 6. The second kappa shape index (κ2) is 7.53. The number of ether oxygens (including phenoxy) is 2. The van der Waals surface area contributed by atoms with E-state index in [1.54, 1.807) is 25.3 Å². The van der Waals surface area contributed by atoms with Crippen molar-refractivity contribution in [3.63, 3.8) is 0 Å². The van der Waals surface area contributed by atoms with E-state index in [0.717, 1.165) is 5.56 Å². The summed E-state index contributed by atoms with van der Waals surface area (Å²) < 4.78 is 11.9. The number of aryl methyl sites for hydroxylation is 1. The molecule has 0 aliphatic carbocycles. The summed E-state index contributed by atoms with van der Waals surface area (Å²) >= 11 is 6.00. The Hall–Kier alpha value is -2.93. The number of pyridine rings is 2. The first-order chi connectivity index (χ1) is 12.5. The van der Waals surface area contributed by atoms with Crippen LogP contribution in [-0.4, -0.2) is 26.9 Å². The van der Waals surface area contributed by atoms with Crippen molar-refractivity contribution in [3.8, 4) is 5.88 Å². The second-order valence-electron chi connectivity index (χ2n) is 5.51. The second-order valence-corrected chi connectivity index (χ2v) is 5.92. The van der Waals surface area contributed by atoms with Crippen LogP contribution >= 0.6 is 11.6 Å². The summed E-state index contributed by atoms with van der Waals surface area (Å²) in [6, 6.07) is 7.98. The molecule has 0 amide bonds. The van der Waals surface area contributed by atoms with Gasteiger partial charge >= 0.3 is 5.97 Å². The van der Waals surface area contributed by atoms with E-state index in [2.05, 4.69) is 9.97 Å². The van der Waals surface area contributed by atoms with Gasteiger partial charge in [0, 0.05) is 18.3 Å². The molecule has 3 rings (SSSR count). The number of fused-ring (bicyclic) bond motifs is 1. The smallest absolute Gasteiger partial charge is 0.359 e. The van der Waals surface area contributed by atoms with Crippen molar-refractivity contribution < 1.29 is 14.3 Å². The minimum atomic E-state index is -0.720. The third kappa shape index (κ3) is 3.83. The number of carbonyl (C=O) groups excluding carboxylic acids is 1. The van der Waals surface area contributed by atoms with E-state index < -0.39 is 5.97 Å². The van der Waals surface area contributed by atoms with Crippen molar-refractivity contribution >= 4 is 23.2 Å². The quantitative estimate of drug-likeness (QED) is 0.639. The van der Waals surface area contributed by atoms with Crippen LogP contribution in [0.5, 0.6) is 5.88 Å². The van der Waals surface area contributed by atoms with Gasteiger partial charge in [-0.15, -0.1) is 0 Å². The number of esters is 1. The average Bonchev–Trinajstić information content (AvgIpc) is 2.62. The maximum absolute atomic E-state index is 12.3. The minimum Gasteiger partial charge on any atom is -0.478 e. The van der Waals surface area contributed by atoms with Crippen LogP contribution in [0.3, 0.4) is 0 Å². The lowest BCUT2D eigenvalue weighted by Crippen LogP contribution is -2.17. The molecule has 3 aromatic heterocycles. The largest absolute Gasteiger partial charge is 0.478 e. The van der Waals surface area contributed by atoms with Crippen molar-refractivity contribution in [2.75, 3.05) is 6.61 Å². The molecular formula is C18H16ClN3O4. The van der Waals surface area contributed by atoms with Gasteiger partial charge < -0.3 is 9.47 Å². The summed E-state index contributed by atoms with van der Waals surface area (Å²) in [5, 5.41) is 0.153. The standard InChI is InChI=1S/C18H16ClN3O4/c1-3-25-15-7-5-13(19)17(21-15)18(24)26-10-12-8-16(23)22-9-11(2)4-6-14(22)20-12/h4-9H,3,10H2,1-2H3. The molecule has 0 aromatic carbocycles. The summed E-state index contributed by atoms with van der Waals surface area (Å²) in [5.74, 6) is -0.441. The number of nitrogens with zero attached hydrogens (tertiary/aromatic N) is 3. The number of aromatic nitrogens is 3. The number of rotatable bonds is 5. The number of halogens is 1. The molecule has 0 bridgehead atoms. The van der Waals surface area contributed by atoms with Crippen molar-refractivity contribution in [3.05, 3.63) is 68.9 Å². The van der Waals surface area contributed by atoms with Crippen molar-refractivity contribution in [2.24, 2.45) is 0 Å². The van der Waals surface area contributed by atoms with Crippen LogP contribution in [0.25, 0.3) is 5.65 Å². The molecule has 0 atom stereocenters. The maximum atomic E-state index is 12.3. The lowest BCUT2D eigenvalue weighted by molar-refractivity contribution is 0.0459. The highest BCUT2D eigenvalue weighted by atomic mass is 35.5. The molecule has 0 saturated heterocycles. The lowest BCUT2D eigenvalue weighted by Gasteiger charge is -2.08. The molecule has 0 aliphatic rings. The summed E-state index contributed by atoms with van der Waals surface area (Å²) in [7, 11) is 0. The molecule has 3 aromatic rings. The van der Waals surface area contributed by atoms with Gasteiger partial charge in [-0.05, 0) is 31.5 Å². The van der Waals surface area contributed by atoms with Crippen LogP contribution in [-0.2, 0) is 11.3 Å². The van der Waals surface area contributed by atoms with Crippen LogP contribution in [0.4, 0.5) is 0 Å². The van der Waals surface area contributed by atoms with E-state index in [-0.39, 0.29) is 28.8 Å².